The summed E-state index contributed by atoms with van der Waals surface area (Å²) in [4.78, 5) is 14.1. The zero-order chi connectivity index (χ0) is 17.2. The normalized spacial score (nSPS) is 15.5. The fourth-order valence-electron chi connectivity index (χ4n) is 2.73. The van der Waals surface area contributed by atoms with Crippen LogP contribution < -0.4 is 10.5 Å². The van der Waals surface area contributed by atoms with Crippen molar-refractivity contribution in [3.8, 4) is 5.75 Å². The van der Waals surface area contributed by atoms with Gasteiger partial charge in [-0.1, -0.05) is 6.07 Å². The minimum absolute atomic E-state index is 0.151. The van der Waals surface area contributed by atoms with E-state index in [0.717, 1.165) is 32.4 Å². The van der Waals surface area contributed by atoms with Gasteiger partial charge in [-0.25, -0.2) is 4.39 Å². The van der Waals surface area contributed by atoms with E-state index in [1.54, 1.807) is 12.1 Å². The first kappa shape index (κ1) is 18.7. The second-order valence-corrected chi connectivity index (χ2v) is 6.00. The van der Waals surface area contributed by atoms with E-state index >= 15 is 0 Å². The van der Waals surface area contributed by atoms with Gasteiger partial charge in [0.25, 0.3) is 0 Å². The Kier molecular flexibility index (Phi) is 7.98. The van der Waals surface area contributed by atoms with Crippen LogP contribution in [0.5, 0.6) is 5.75 Å². The first-order valence-corrected chi connectivity index (χ1v) is 8.67. The van der Waals surface area contributed by atoms with Crippen molar-refractivity contribution in [2.45, 2.75) is 38.2 Å². The van der Waals surface area contributed by atoms with Gasteiger partial charge < -0.3 is 20.1 Å². The predicted octanol–water partition coefficient (Wildman–Crippen LogP) is 2.34. The second-order valence-electron chi connectivity index (χ2n) is 6.00. The summed E-state index contributed by atoms with van der Waals surface area (Å²) >= 11 is 0. The van der Waals surface area contributed by atoms with E-state index in [0.29, 0.717) is 38.3 Å². The van der Waals surface area contributed by atoms with Gasteiger partial charge in [-0.05, 0) is 44.4 Å². The Morgan fingerprint density at radius 1 is 1.25 bits per heavy atom. The Morgan fingerprint density at radius 2 is 2.04 bits per heavy atom. The van der Waals surface area contributed by atoms with Crippen molar-refractivity contribution >= 4 is 5.91 Å². The van der Waals surface area contributed by atoms with Gasteiger partial charge in [-0.2, -0.15) is 0 Å². The van der Waals surface area contributed by atoms with Crippen molar-refractivity contribution in [3.63, 3.8) is 0 Å². The zero-order valence-electron chi connectivity index (χ0n) is 14.1. The number of carbonyl (C=O) groups is 1. The van der Waals surface area contributed by atoms with Crippen molar-refractivity contribution < 1.29 is 18.7 Å². The fraction of sp³-hybridized carbons (Fsp3) is 0.611. The number of likely N-dealkylation sites (tertiary alicyclic amines) is 1. The van der Waals surface area contributed by atoms with Crippen molar-refractivity contribution in [2.24, 2.45) is 5.73 Å². The molecule has 1 amide bonds. The lowest BCUT2D eigenvalue weighted by molar-refractivity contribution is -0.134. The molecular formula is C18H27FN2O3. The van der Waals surface area contributed by atoms with Crippen LogP contribution >= 0.6 is 0 Å². The van der Waals surface area contributed by atoms with Gasteiger partial charge in [-0.15, -0.1) is 0 Å². The van der Waals surface area contributed by atoms with Gasteiger partial charge >= 0.3 is 0 Å². The first-order valence-electron chi connectivity index (χ1n) is 8.67. The minimum Gasteiger partial charge on any atom is -0.493 e. The lowest BCUT2D eigenvalue weighted by Gasteiger charge is -2.32. The molecule has 0 spiro atoms. The number of ether oxygens (including phenoxy) is 2. The molecular weight excluding hydrogens is 311 g/mol. The SMILES string of the molecule is NCCCOC1CCN(C(=O)CCCOc2cccc(F)c2)CC1. The first-order chi connectivity index (χ1) is 11.7. The third-order valence-corrected chi connectivity index (χ3v) is 4.10. The molecule has 0 radical (unpaired) electrons. The lowest BCUT2D eigenvalue weighted by atomic mass is 10.1. The number of piperidine rings is 1. The minimum atomic E-state index is -0.319. The molecule has 0 atom stereocenters. The van der Waals surface area contributed by atoms with Crippen LogP contribution in [0, 0.1) is 5.82 Å². The van der Waals surface area contributed by atoms with Gasteiger partial charge in [0, 0.05) is 32.2 Å². The summed E-state index contributed by atoms with van der Waals surface area (Å²) in [6, 6.07) is 6.03. The maximum atomic E-state index is 13.0. The molecule has 5 nitrogen and oxygen atoms in total. The fourth-order valence-corrected chi connectivity index (χ4v) is 2.73. The van der Waals surface area contributed by atoms with Gasteiger partial charge in [0.05, 0.1) is 12.7 Å². The summed E-state index contributed by atoms with van der Waals surface area (Å²) in [6.45, 7) is 3.25. The molecule has 6 heteroatoms. The highest BCUT2D eigenvalue weighted by Gasteiger charge is 2.22. The second kappa shape index (κ2) is 10.3. The van der Waals surface area contributed by atoms with E-state index in [1.165, 1.54) is 12.1 Å². The molecule has 134 valence electrons. The molecule has 24 heavy (non-hydrogen) atoms. The summed E-state index contributed by atoms with van der Waals surface area (Å²) in [6.07, 6.45) is 3.98. The maximum absolute atomic E-state index is 13.0. The van der Waals surface area contributed by atoms with Crippen molar-refractivity contribution in [2.75, 3.05) is 32.8 Å². The van der Waals surface area contributed by atoms with E-state index in [9.17, 15) is 9.18 Å². The summed E-state index contributed by atoms with van der Waals surface area (Å²) in [5.41, 5.74) is 5.45. The van der Waals surface area contributed by atoms with Crippen LogP contribution in [0.25, 0.3) is 0 Å². The number of hydrogen-bond acceptors (Lipinski definition) is 4. The molecule has 0 aliphatic carbocycles. The number of benzene rings is 1. The highest BCUT2D eigenvalue weighted by atomic mass is 19.1. The molecule has 0 aromatic heterocycles. The molecule has 1 aliphatic heterocycles. The highest BCUT2D eigenvalue weighted by Crippen LogP contribution is 2.16. The smallest absolute Gasteiger partial charge is 0.222 e. The average molecular weight is 338 g/mol. The summed E-state index contributed by atoms with van der Waals surface area (Å²) in [5, 5.41) is 0. The number of amides is 1. The zero-order valence-corrected chi connectivity index (χ0v) is 14.1. The van der Waals surface area contributed by atoms with E-state index in [-0.39, 0.29) is 17.8 Å². The van der Waals surface area contributed by atoms with Crippen LogP contribution in [0.1, 0.15) is 32.1 Å². The number of rotatable bonds is 9. The molecule has 2 N–H and O–H groups in total. The maximum Gasteiger partial charge on any atom is 0.222 e. The lowest BCUT2D eigenvalue weighted by Crippen LogP contribution is -2.41. The standard InChI is InChI=1S/C18H27FN2O3/c19-15-4-1-5-17(14-15)24-12-2-6-18(22)21-10-7-16(8-11-21)23-13-3-9-20/h1,4-5,14,16H,2-3,6-13,20H2. The van der Waals surface area contributed by atoms with Crippen molar-refractivity contribution in [1.29, 1.82) is 0 Å². The van der Waals surface area contributed by atoms with Crippen LogP contribution in [-0.4, -0.2) is 49.8 Å². The Bertz CT molecular complexity index is 505. The number of nitrogens with zero attached hydrogens (tertiary/aromatic N) is 1. The molecule has 0 saturated carbocycles. The van der Waals surface area contributed by atoms with E-state index in [1.807, 2.05) is 4.90 Å². The Labute approximate surface area is 142 Å². The number of halogens is 1. The Morgan fingerprint density at radius 3 is 2.75 bits per heavy atom. The Balaban J connectivity index is 1.58. The summed E-state index contributed by atoms with van der Waals surface area (Å²) in [5.74, 6) is 0.330. The number of nitrogens with two attached hydrogens (primary N) is 1. The quantitative estimate of drug-likeness (QED) is 0.702. The summed E-state index contributed by atoms with van der Waals surface area (Å²) in [7, 11) is 0. The Hall–Kier alpha value is -1.66. The molecule has 0 unspecified atom stereocenters. The average Bonchev–Trinajstić information content (AvgIpc) is 2.59. The predicted molar refractivity (Wildman–Crippen MR) is 90.4 cm³/mol. The van der Waals surface area contributed by atoms with Crippen LogP contribution in [0.15, 0.2) is 24.3 Å². The monoisotopic (exact) mass is 338 g/mol. The van der Waals surface area contributed by atoms with Crippen LogP contribution in [-0.2, 0) is 9.53 Å². The number of carbonyl (C=O) groups excluding carboxylic acids is 1. The molecule has 0 bridgehead atoms. The van der Waals surface area contributed by atoms with Gasteiger partial charge in [0.15, 0.2) is 0 Å². The third-order valence-electron chi connectivity index (χ3n) is 4.10. The molecule has 1 aliphatic rings. The molecule has 1 aromatic rings. The third kappa shape index (κ3) is 6.45. The van der Waals surface area contributed by atoms with Crippen molar-refractivity contribution in [1.82, 2.24) is 4.90 Å². The van der Waals surface area contributed by atoms with Crippen LogP contribution in [0.3, 0.4) is 0 Å². The van der Waals surface area contributed by atoms with Crippen LogP contribution in [0.2, 0.25) is 0 Å². The topological polar surface area (TPSA) is 64.8 Å². The molecule has 2 rings (SSSR count). The van der Waals surface area contributed by atoms with Gasteiger partial charge in [0.1, 0.15) is 11.6 Å². The highest BCUT2D eigenvalue weighted by molar-refractivity contribution is 5.76. The van der Waals surface area contributed by atoms with E-state index in [4.69, 9.17) is 15.2 Å². The number of hydrogen-bond donors (Lipinski definition) is 1. The van der Waals surface area contributed by atoms with Crippen LogP contribution in [0.4, 0.5) is 4.39 Å². The molecule has 1 heterocycles. The molecule has 1 fully saturated rings. The summed E-state index contributed by atoms with van der Waals surface area (Å²) < 4.78 is 24.2. The largest absolute Gasteiger partial charge is 0.493 e. The van der Waals surface area contributed by atoms with Crippen molar-refractivity contribution in [3.05, 3.63) is 30.1 Å². The van der Waals surface area contributed by atoms with E-state index in [2.05, 4.69) is 0 Å². The van der Waals surface area contributed by atoms with Gasteiger partial charge in [-0.3, -0.25) is 4.79 Å². The molecule has 1 aromatic carbocycles. The van der Waals surface area contributed by atoms with E-state index < -0.39 is 0 Å². The molecule has 1 saturated heterocycles. The van der Waals surface area contributed by atoms with Gasteiger partial charge in [0.2, 0.25) is 5.91 Å².